The van der Waals surface area contributed by atoms with Gasteiger partial charge in [0.05, 0.1) is 0 Å². The van der Waals surface area contributed by atoms with Crippen LogP contribution in [0.5, 0.6) is 0 Å². The molecule has 0 atom stereocenters. The zero-order valence-corrected chi connectivity index (χ0v) is 3.88. The summed E-state index contributed by atoms with van der Waals surface area (Å²) in [6, 6.07) is 0. The van der Waals surface area contributed by atoms with Crippen molar-refractivity contribution in [3.8, 4) is 0 Å². The minimum absolute atomic E-state index is 0. The molecule has 4 heavy (non-hydrogen) atoms. The first kappa shape index (κ1) is 110. The van der Waals surface area contributed by atoms with Crippen LogP contribution in [-0.4, -0.2) is 0 Å². The van der Waals surface area contributed by atoms with E-state index in [1.54, 1.807) is 0 Å². The van der Waals surface area contributed by atoms with Crippen LogP contribution in [0.15, 0.2) is 0 Å². The molecule has 0 saturated heterocycles. The monoisotopic (exact) mass is 129 g/mol. The Morgan fingerprint density at radius 3 is 0.750 bits per heavy atom. The van der Waals surface area contributed by atoms with Gasteiger partial charge in [-0.3, -0.25) is 0 Å². The van der Waals surface area contributed by atoms with Crippen LogP contribution in [0.4, 0.5) is 0 Å². The Hall–Kier alpha value is 0.789. The number of rotatable bonds is 0. The summed E-state index contributed by atoms with van der Waals surface area (Å²) in [4.78, 5) is 0. The molecule has 0 aromatic heterocycles. The van der Waals surface area contributed by atoms with Gasteiger partial charge in [0.1, 0.15) is 0 Å². The van der Waals surface area contributed by atoms with E-state index in [-0.39, 0.29) is 42.9 Å². The Labute approximate surface area is 43.4 Å². The van der Waals surface area contributed by atoms with Crippen molar-refractivity contribution in [1.29, 1.82) is 0 Å². The zero-order chi connectivity index (χ0) is 0. The van der Waals surface area contributed by atoms with Crippen molar-refractivity contribution >= 4 is 13.5 Å². The fraction of sp³-hybridized carbons (Fsp3) is 0. The van der Waals surface area contributed by atoms with Crippen LogP contribution in [0.1, 0.15) is 0 Å². The molecule has 0 aliphatic carbocycles. The molecule has 4 heteroatoms. The fourth-order valence-electron chi connectivity index (χ4n) is 0. The van der Waals surface area contributed by atoms with Crippen LogP contribution in [0.25, 0.3) is 0 Å². The summed E-state index contributed by atoms with van der Waals surface area (Å²) in [6.45, 7) is 0. The third-order valence-corrected chi connectivity index (χ3v) is 0. The number of hydrogen-bond donors (Lipinski definition) is 2. The van der Waals surface area contributed by atoms with Crippen LogP contribution in [0.3, 0.4) is 0 Å². The molecule has 0 unspecified atom stereocenters. The summed E-state index contributed by atoms with van der Waals surface area (Å²) in [6.07, 6.45) is 0. The van der Waals surface area contributed by atoms with Gasteiger partial charge in [-0.1, -0.05) is 0 Å². The largest absolute Gasteiger partial charge is 2.00 e. The average Bonchev–Trinajstić information content (AvgIpc) is 0. The molecule has 0 bridgehead atoms. The summed E-state index contributed by atoms with van der Waals surface area (Å²) < 4.78 is 0. The molecule has 0 aromatic carbocycles. The van der Waals surface area contributed by atoms with E-state index in [2.05, 4.69) is 0 Å². The van der Waals surface area contributed by atoms with Crippen LogP contribution in [0, 0.1) is 0 Å². The first-order valence-corrected chi connectivity index (χ1v) is 0. The topological polar surface area (TPSA) is 70.0 Å². The second-order valence-electron chi connectivity index (χ2n) is 0. The van der Waals surface area contributed by atoms with Gasteiger partial charge in [0.2, 0.25) is 0 Å². The number of hydrogen-bond acceptors (Lipinski definition) is 2. The Kier molecular flexibility index (Phi) is 1310. The van der Waals surface area contributed by atoms with Gasteiger partial charge in [0.25, 0.3) is 0 Å². The van der Waals surface area contributed by atoms with Gasteiger partial charge in [0.15, 0.2) is 0 Å². The van der Waals surface area contributed by atoms with E-state index in [1.165, 1.54) is 0 Å². The second-order valence-corrected chi connectivity index (χ2v) is 0. The summed E-state index contributed by atoms with van der Waals surface area (Å²) in [7, 11) is 0. The van der Waals surface area contributed by atoms with Gasteiger partial charge >= 0.3 is 17.1 Å². The first-order chi connectivity index (χ1) is 0. The summed E-state index contributed by atoms with van der Waals surface area (Å²) in [5.41, 5.74) is 0. The van der Waals surface area contributed by atoms with Gasteiger partial charge in [0, 0.05) is 0 Å². The molecule has 33 valence electrons. The molecule has 0 rings (SSSR count). The van der Waals surface area contributed by atoms with E-state index >= 15 is 0 Å². The molecule has 0 aliphatic heterocycles. The van der Waals surface area contributed by atoms with Crippen LogP contribution in [0.2, 0.25) is 0 Å². The van der Waals surface area contributed by atoms with E-state index in [9.17, 15) is 0 Å². The van der Waals surface area contributed by atoms with Gasteiger partial charge in [-0.05, 0) is 0 Å². The molecule has 0 aliphatic rings. The van der Waals surface area contributed by atoms with Crippen molar-refractivity contribution < 1.29 is 17.1 Å². The van der Waals surface area contributed by atoms with E-state index in [1.807, 2.05) is 0 Å². The van der Waals surface area contributed by atoms with E-state index < -0.39 is 0 Å². The zero-order valence-electron chi connectivity index (χ0n) is 2.12. The summed E-state index contributed by atoms with van der Waals surface area (Å²) >= 11 is 0. The van der Waals surface area contributed by atoms with Gasteiger partial charge in [-0.25, -0.2) is 0 Å². The molecular formula is H6CuN2S. The van der Waals surface area contributed by atoms with Crippen molar-refractivity contribution in [1.82, 2.24) is 12.3 Å². The van der Waals surface area contributed by atoms with Crippen LogP contribution in [-0.2, 0) is 30.6 Å². The normalized spacial score (nSPS) is 0. The fourth-order valence-corrected chi connectivity index (χ4v) is 0. The Morgan fingerprint density at radius 2 is 0.750 bits per heavy atom. The molecule has 0 aromatic rings. The van der Waals surface area contributed by atoms with E-state index in [4.69, 9.17) is 0 Å². The third-order valence-electron chi connectivity index (χ3n) is 0. The van der Waals surface area contributed by atoms with E-state index in [0.29, 0.717) is 0 Å². The summed E-state index contributed by atoms with van der Waals surface area (Å²) in [5.74, 6) is 0. The van der Waals surface area contributed by atoms with Crippen molar-refractivity contribution in [2.24, 2.45) is 0 Å². The molecule has 6 N–H and O–H groups in total. The first-order valence-electron chi connectivity index (χ1n) is 0. The minimum atomic E-state index is 0. The smallest absolute Gasteiger partial charge is 2.00 e. The maximum Gasteiger partial charge on any atom is 2.00 e. The molecule has 0 heterocycles. The van der Waals surface area contributed by atoms with Gasteiger partial charge in [-0.15, -0.1) is 0 Å². The predicted molar refractivity (Wildman–Crippen MR) is 17.4 cm³/mol. The Balaban J connectivity index is 0. The molecule has 0 spiro atoms. The van der Waals surface area contributed by atoms with E-state index in [0.717, 1.165) is 0 Å². The van der Waals surface area contributed by atoms with Crippen LogP contribution >= 0.6 is 0 Å². The van der Waals surface area contributed by atoms with Gasteiger partial charge < -0.3 is 25.8 Å². The van der Waals surface area contributed by atoms with Crippen molar-refractivity contribution in [3.05, 3.63) is 0 Å². The molecule has 0 fully saturated rings. The summed E-state index contributed by atoms with van der Waals surface area (Å²) in [5, 5.41) is 0. The van der Waals surface area contributed by atoms with Gasteiger partial charge in [-0.2, -0.15) is 0 Å². The average molecular weight is 130 g/mol. The molecule has 2 nitrogen and oxygen atoms in total. The van der Waals surface area contributed by atoms with Crippen molar-refractivity contribution in [3.63, 3.8) is 0 Å². The molecule has 0 saturated carbocycles. The third kappa shape index (κ3) is 14.3. The Bertz CT molecular complexity index is 6.00. The standard InChI is InChI=1S/Cu.2H3N.S/h;2*1H3;/q+2;;;-2. The second kappa shape index (κ2) is 47.3. The molecular weight excluding hydrogens is 124 g/mol. The van der Waals surface area contributed by atoms with Crippen molar-refractivity contribution in [2.45, 2.75) is 0 Å². The van der Waals surface area contributed by atoms with Crippen LogP contribution < -0.4 is 12.3 Å². The molecule has 0 amide bonds. The minimum Gasteiger partial charge on any atom is -2.00 e. The predicted octanol–water partition coefficient (Wildman–Crippen LogP) is 0.319. The SMILES string of the molecule is N.N.[Cu+2].[S-2]. The molecule has 1 radical (unpaired) electrons. The maximum atomic E-state index is 0. The van der Waals surface area contributed by atoms with Crippen molar-refractivity contribution in [2.75, 3.05) is 0 Å². The maximum absolute atomic E-state index is 0. The Morgan fingerprint density at radius 1 is 0.750 bits per heavy atom. The quantitative estimate of drug-likeness (QED) is 0.463.